The lowest BCUT2D eigenvalue weighted by atomic mass is 9.86. The number of hydrogen-bond donors (Lipinski definition) is 4. The molecule has 7 nitrogen and oxygen atoms in total. The van der Waals surface area contributed by atoms with Crippen molar-refractivity contribution in [2.24, 2.45) is 5.92 Å². The molecular weight excluding hydrogens is 460 g/mol. The number of fused-ring (bicyclic) bond motifs is 2. The van der Waals surface area contributed by atoms with E-state index in [2.05, 4.69) is 39.1 Å². The number of ether oxygens (including phenoxy) is 1. The highest BCUT2D eigenvalue weighted by molar-refractivity contribution is 8.00. The highest BCUT2D eigenvalue weighted by Crippen LogP contribution is 2.33. The van der Waals surface area contributed by atoms with Gasteiger partial charge >= 0.3 is 0 Å². The van der Waals surface area contributed by atoms with Gasteiger partial charge in [-0.25, -0.2) is 4.98 Å². The topological polar surface area (TPSA) is 95.5 Å². The molecule has 1 amide bonds. The van der Waals surface area contributed by atoms with Gasteiger partial charge in [-0.05, 0) is 62.0 Å². The van der Waals surface area contributed by atoms with Crippen LogP contribution in [0.15, 0.2) is 53.4 Å². The number of amides is 1. The van der Waals surface area contributed by atoms with Crippen molar-refractivity contribution in [2.75, 3.05) is 31.3 Å². The summed E-state index contributed by atoms with van der Waals surface area (Å²) in [5.41, 5.74) is 3.61. The van der Waals surface area contributed by atoms with Crippen molar-refractivity contribution in [1.29, 1.82) is 0 Å². The molecule has 0 saturated carbocycles. The van der Waals surface area contributed by atoms with E-state index in [0.29, 0.717) is 30.5 Å². The third-order valence-corrected chi connectivity index (χ3v) is 7.99. The summed E-state index contributed by atoms with van der Waals surface area (Å²) >= 11 is 1.57. The van der Waals surface area contributed by atoms with Crippen molar-refractivity contribution >= 4 is 34.3 Å². The van der Waals surface area contributed by atoms with Crippen molar-refractivity contribution in [2.45, 2.75) is 42.8 Å². The van der Waals surface area contributed by atoms with Crippen molar-refractivity contribution in [3.8, 4) is 5.88 Å². The van der Waals surface area contributed by atoms with Gasteiger partial charge in [0.1, 0.15) is 0 Å². The van der Waals surface area contributed by atoms with Gasteiger partial charge in [0.25, 0.3) is 0 Å². The number of hydrogen-bond acceptors (Lipinski definition) is 7. The van der Waals surface area contributed by atoms with Crippen LogP contribution in [-0.4, -0.2) is 48.0 Å². The number of nitrogens with zero attached hydrogens (tertiary/aromatic N) is 1. The first kappa shape index (κ1) is 24.1. The normalized spacial score (nSPS) is 19.6. The summed E-state index contributed by atoms with van der Waals surface area (Å²) in [5, 5.41) is 22.6. The molecule has 0 spiro atoms. The number of pyridine rings is 1. The lowest BCUT2D eigenvalue weighted by Gasteiger charge is -2.33. The summed E-state index contributed by atoms with van der Waals surface area (Å²) in [6, 6.07) is 16.1. The van der Waals surface area contributed by atoms with Gasteiger partial charge in [0, 0.05) is 34.5 Å². The first-order valence-electron chi connectivity index (χ1n) is 12.2. The maximum absolute atomic E-state index is 11.8. The Balaban J connectivity index is 1.35. The number of thioether (sulfide) groups is 1. The van der Waals surface area contributed by atoms with Crippen LogP contribution >= 0.6 is 11.8 Å². The number of aromatic nitrogens is 1. The van der Waals surface area contributed by atoms with Crippen molar-refractivity contribution in [3.63, 3.8) is 0 Å². The lowest BCUT2D eigenvalue weighted by Crippen LogP contribution is -2.44. The van der Waals surface area contributed by atoms with E-state index in [-0.39, 0.29) is 11.9 Å². The molecule has 1 saturated heterocycles. The fraction of sp³-hybridized carbons (Fsp3) is 0.407. The number of aliphatic hydroxyl groups is 1. The number of carbonyl (C=O) groups excluding carboxylic acids is 1. The molecule has 2 aliphatic rings. The molecule has 4 N–H and O–H groups in total. The van der Waals surface area contributed by atoms with Gasteiger partial charge < -0.3 is 25.8 Å². The SMILES string of the molecule is COc1ccc2cccc(C(O)CC(NCc3ccc4c(c3)NC(=O)CS4)C3CCCNC3)c2n1. The molecule has 0 bridgehead atoms. The Bertz CT molecular complexity index is 1200. The van der Waals surface area contributed by atoms with Crippen LogP contribution in [-0.2, 0) is 11.3 Å². The number of para-hydroxylation sites is 1. The summed E-state index contributed by atoms with van der Waals surface area (Å²) in [6.45, 7) is 2.65. The standard InChI is InChI=1S/C27H32N4O3S/c1-34-26-10-8-18-4-2-6-20(27(18)31-26)23(32)13-21(19-5-3-11-28-15-19)29-14-17-7-9-24-22(12-17)30-25(33)16-35-24/h2,4,6-10,12,19,21,23,28-29,32H,3,5,11,13-16H2,1H3,(H,30,33). The summed E-state index contributed by atoms with van der Waals surface area (Å²) in [4.78, 5) is 17.5. The summed E-state index contributed by atoms with van der Waals surface area (Å²) in [7, 11) is 1.61. The zero-order valence-corrected chi connectivity index (χ0v) is 20.7. The first-order chi connectivity index (χ1) is 17.1. The number of benzene rings is 2. The van der Waals surface area contributed by atoms with E-state index in [1.54, 1.807) is 18.9 Å². The van der Waals surface area contributed by atoms with Gasteiger partial charge in [-0.3, -0.25) is 4.79 Å². The van der Waals surface area contributed by atoms with Crippen LogP contribution in [0.25, 0.3) is 10.9 Å². The molecule has 3 aromatic rings. The molecule has 184 valence electrons. The van der Waals surface area contributed by atoms with E-state index in [9.17, 15) is 9.90 Å². The zero-order chi connectivity index (χ0) is 24.2. The molecule has 3 unspecified atom stereocenters. The Morgan fingerprint density at radius 2 is 2.17 bits per heavy atom. The second kappa shape index (κ2) is 11.0. The summed E-state index contributed by atoms with van der Waals surface area (Å²) in [6.07, 6.45) is 2.18. The van der Waals surface area contributed by atoms with Crippen molar-refractivity contribution in [1.82, 2.24) is 15.6 Å². The van der Waals surface area contributed by atoms with Crippen LogP contribution in [0.1, 0.15) is 36.5 Å². The smallest absolute Gasteiger partial charge is 0.234 e. The van der Waals surface area contributed by atoms with Crippen LogP contribution < -0.4 is 20.7 Å². The molecule has 0 radical (unpaired) electrons. The Kier molecular flexibility index (Phi) is 7.53. The maximum Gasteiger partial charge on any atom is 0.234 e. The highest BCUT2D eigenvalue weighted by atomic mass is 32.2. The first-order valence-corrected chi connectivity index (χ1v) is 13.2. The monoisotopic (exact) mass is 492 g/mol. The van der Waals surface area contributed by atoms with Gasteiger partial charge in [0.05, 0.1) is 30.2 Å². The Morgan fingerprint density at radius 1 is 1.26 bits per heavy atom. The van der Waals surface area contributed by atoms with Gasteiger partial charge in [0.2, 0.25) is 11.8 Å². The maximum atomic E-state index is 11.8. The molecule has 1 aromatic heterocycles. The van der Waals surface area contributed by atoms with Gasteiger partial charge in [-0.2, -0.15) is 0 Å². The Morgan fingerprint density at radius 3 is 3.00 bits per heavy atom. The average Bonchev–Trinajstić information content (AvgIpc) is 2.90. The van der Waals surface area contributed by atoms with Gasteiger partial charge in [0.15, 0.2) is 0 Å². The minimum atomic E-state index is -0.656. The van der Waals surface area contributed by atoms with E-state index in [1.807, 2.05) is 30.3 Å². The van der Waals surface area contributed by atoms with Crippen LogP contribution in [0.5, 0.6) is 5.88 Å². The molecular formula is C27H32N4O3S. The number of aliphatic hydroxyl groups excluding tert-OH is 1. The minimum absolute atomic E-state index is 0.0437. The van der Waals surface area contributed by atoms with E-state index in [4.69, 9.17) is 4.74 Å². The van der Waals surface area contributed by atoms with Gasteiger partial charge in [-0.1, -0.05) is 24.3 Å². The molecule has 3 heterocycles. The minimum Gasteiger partial charge on any atom is -0.481 e. The second-order valence-corrected chi connectivity index (χ2v) is 10.3. The molecule has 2 aliphatic heterocycles. The number of piperidine rings is 1. The quantitative estimate of drug-likeness (QED) is 0.379. The average molecular weight is 493 g/mol. The predicted octanol–water partition coefficient (Wildman–Crippen LogP) is 3.87. The van der Waals surface area contributed by atoms with E-state index < -0.39 is 6.10 Å². The van der Waals surface area contributed by atoms with Gasteiger partial charge in [-0.15, -0.1) is 11.8 Å². The largest absolute Gasteiger partial charge is 0.481 e. The molecule has 35 heavy (non-hydrogen) atoms. The number of nitrogens with one attached hydrogen (secondary N) is 3. The third-order valence-electron chi connectivity index (χ3n) is 6.92. The molecule has 0 aliphatic carbocycles. The Labute approximate surface area is 210 Å². The van der Waals surface area contributed by atoms with Crippen LogP contribution in [0, 0.1) is 5.92 Å². The predicted molar refractivity (Wildman–Crippen MR) is 140 cm³/mol. The fourth-order valence-corrected chi connectivity index (χ4v) is 5.84. The summed E-state index contributed by atoms with van der Waals surface area (Å²) in [5.74, 6) is 1.47. The molecule has 8 heteroatoms. The lowest BCUT2D eigenvalue weighted by molar-refractivity contribution is -0.113. The number of carbonyl (C=O) groups is 1. The fourth-order valence-electron chi connectivity index (χ4n) is 5.06. The zero-order valence-electron chi connectivity index (χ0n) is 19.9. The Hall–Kier alpha value is -2.65. The van der Waals surface area contributed by atoms with Crippen LogP contribution in [0.4, 0.5) is 5.69 Å². The van der Waals surface area contributed by atoms with Crippen molar-refractivity contribution in [3.05, 3.63) is 59.7 Å². The van der Waals surface area contributed by atoms with Crippen LogP contribution in [0.3, 0.4) is 0 Å². The molecule has 3 atom stereocenters. The number of anilines is 1. The molecule has 2 aromatic carbocycles. The second-order valence-electron chi connectivity index (χ2n) is 9.29. The molecule has 1 fully saturated rings. The van der Waals surface area contributed by atoms with Crippen molar-refractivity contribution < 1.29 is 14.6 Å². The highest BCUT2D eigenvalue weighted by Gasteiger charge is 2.27. The third kappa shape index (κ3) is 5.62. The number of methoxy groups -OCH3 is 1. The number of rotatable bonds is 8. The van der Waals surface area contributed by atoms with E-state index in [1.165, 1.54) is 0 Å². The van der Waals surface area contributed by atoms with E-state index >= 15 is 0 Å². The summed E-state index contributed by atoms with van der Waals surface area (Å²) < 4.78 is 5.33. The van der Waals surface area contributed by atoms with E-state index in [0.717, 1.165) is 58.5 Å². The van der Waals surface area contributed by atoms with Crippen LogP contribution in [0.2, 0.25) is 0 Å². The molecule has 5 rings (SSSR count).